The summed E-state index contributed by atoms with van der Waals surface area (Å²) in [5.74, 6) is 0.696. The Bertz CT molecular complexity index is 914. The number of aromatic nitrogens is 1. The van der Waals surface area contributed by atoms with E-state index in [9.17, 15) is 12.8 Å². The summed E-state index contributed by atoms with van der Waals surface area (Å²) < 4.78 is 45.5. The number of aryl methyl sites for hydroxylation is 1. The van der Waals surface area contributed by atoms with Crippen molar-refractivity contribution in [2.45, 2.75) is 17.7 Å². The minimum absolute atomic E-state index is 0.0945. The van der Waals surface area contributed by atoms with Gasteiger partial charge < -0.3 is 4.42 Å². The van der Waals surface area contributed by atoms with Crippen LogP contribution in [0.4, 0.5) is 4.39 Å². The SMILES string of the molecule is Cc1ncc(-c2ccc(S(=O)(=O)NCc3ccc(F)cc3)s2)o1. The standard InChI is InChI=1S/C15H13FN2O3S2/c1-10-17-9-13(21-10)14-6-7-15(22-14)23(19,20)18-8-11-2-4-12(16)5-3-11/h2-7,9,18H,8H2,1H3. The summed E-state index contributed by atoms with van der Waals surface area (Å²) in [4.78, 5) is 4.68. The van der Waals surface area contributed by atoms with Crippen LogP contribution in [0.3, 0.4) is 0 Å². The number of hydrogen-bond acceptors (Lipinski definition) is 5. The lowest BCUT2D eigenvalue weighted by atomic mass is 10.2. The maximum absolute atomic E-state index is 12.8. The summed E-state index contributed by atoms with van der Waals surface area (Å²) in [6, 6.07) is 8.85. The van der Waals surface area contributed by atoms with E-state index in [4.69, 9.17) is 4.42 Å². The molecule has 0 bridgehead atoms. The highest BCUT2D eigenvalue weighted by Gasteiger charge is 2.18. The van der Waals surface area contributed by atoms with Gasteiger partial charge in [0.25, 0.3) is 0 Å². The van der Waals surface area contributed by atoms with E-state index in [0.29, 0.717) is 22.1 Å². The van der Waals surface area contributed by atoms with Gasteiger partial charge in [-0.15, -0.1) is 11.3 Å². The molecule has 0 unspecified atom stereocenters. The Kier molecular flexibility index (Phi) is 4.29. The van der Waals surface area contributed by atoms with E-state index in [0.717, 1.165) is 11.3 Å². The minimum atomic E-state index is -3.64. The largest absolute Gasteiger partial charge is 0.440 e. The molecule has 0 fully saturated rings. The quantitative estimate of drug-likeness (QED) is 0.764. The first-order chi connectivity index (χ1) is 10.9. The zero-order valence-electron chi connectivity index (χ0n) is 12.1. The molecule has 0 amide bonds. The molecule has 8 heteroatoms. The van der Waals surface area contributed by atoms with Crippen LogP contribution < -0.4 is 4.72 Å². The number of hydrogen-bond donors (Lipinski definition) is 1. The lowest BCUT2D eigenvalue weighted by Crippen LogP contribution is -2.22. The fourth-order valence-electron chi connectivity index (χ4n) is 1.92. The molecular weight excluding hydrogens is 339 g/mol. The van der Waals surface area contributed by atoms with Gasteiger partial charge in [0.2, 0.25) is 10.0 Å². The van der Waals surface area contributed by atoms with Crippen LogP contribution in [-0.2, 0) is 16.6 Å². The second-order valence-corrected chi connectivity index (χ2v) is 7.89. The predicted octanol–water partition coefficient (Wildman–Crippen LogP) is 3.33. The summed E-state index contributed by atoms with van der Waals surface area (Å²) in [5.41, 5.74) is 0.678. The predicted molar refractivity (Wildman–Crippen MR) is 85.0 cm³/mol. The van der Waals surface area contributed by atoms with Gasteiger partial charge in [0.05, 0.1) is 11.1 Å². The highest BCUT2D eigenvalue weighted by Crippen LogP contribution is 2.31. The molecule has 5 nitrogen and oxygen atoms in total. The molecule has 0 saturated heterocycles. The maximum atomic E-state index is 12.8. The number of halogens is 1. The van der Waals surface area contributed by atoms with Gasteiger partial charge in [0.15, 0.2) is 11.7 Å². The molecule has 0 aliphatic carbocycles. The van der Waals surface area contributed by atoms with Crippen LogP contribution >= 0.6 is 11.3 Å². The van der Waals surface area contributed by atoms with Crippen LogP contribution in [0.1, 0.15) is 11.5 Å². The number of oxazole rings is 1. The monoisotopic (exact) mass is 352 g/mol. The molecule has 0 atom stereocenters. The van der Waals surface area contributed by atoms with E-state index in [-0.39, 0.29) is 16.6 Å². The van der Waals surface area contributed by atoms with Crippen molar-refractivity contribution in [3.8, 4) is 10.6 Å². The summed E-state index contributed by atoms with van der Waals surface area (Å²) in [7, 11) is -3.64. The molecule has 0 spiro atoms. The minimum Gasteiger partial charge on any atom is -0.440 e. The number of nitrogens with one attached hydrogen (secondary N) is 1. The molecule has 3 aromatic rings. The average molecular weight is 352 g/mol. The second-order valence-electron chi connectivity index (χ2n) is 4.81. The molecule has 120 valence electrons. The normalized spacial score (nSPS) is 11.7. The number of thiophene rings is 1. The fraction of sp³-hybridized carbons (Fsp3) is 0.133. The molecule has 0 saturated carbocycles. The molecule has 3 rings (SSSR count). The van der Waals surface area contributed by atoms with Gasteiger partial charge in [-0.1, -0.05) is 12.1 Å². The van der Waals surface area contributed by atoms with E-state index in [1.807, 2.05) is 0 Å². The first-order valence-electron chi connectivity index (χ1n) is 6.71. The molecule has 2 aromatic heterocycles. The zero-order chi connectivity index (χ0) is 16.4. The summed E-state index contributed by atoms with van der Waals surface area (Å²) in [6.07, 6.45) is 1.56. The fourth-order valence-corrected chi connectivity index (χ4v) is 4.24. The van der Waals surface area contributed by atoms with Gasteiger partial charge in [0, 0.05) is 13.5 Å². The molecule has 2 heterocycles. The van der Waals surface area contributed by atoms with Crippen LogP contribution in [0.5, 0.6) is 0 Å². The first-order valence-corrected chi connectivity index (χ1v) is 9.01. The number of rotatable bonds is 5. The maximum Gasteiger partial charge on any atom is 0.250 e. The Morgan fingerprint density at radius 2 is 1.96 bits per heavy atom. The first kappa shape index (κ1) is 15.9. The van der Waals surface area contributed by atoms with Crippen molar-refractivity contribution < 1.29 is 17.2 Å². The topological polar surface area (TPSA) is 72.2 Å². The third-order valence-electron chi connectivity index (χ3n) is 3.09. The molecule has 0 aliphatic rings. The smallest absolute Gasteiger partial charge is 0.250 e. The van der Waals surface area contributed by atoms with Gasteiger partial charge >= 0.3 is 0 Å². The van der Waals surface area contributed by atoms with Crippen molar-refractivity contribution in [1.82, 2.24) is 9.71 Å². The van der Waals surface area contributed by atoms with Crippen LogP contribution in [0.15, 0.2) is 51.2 Å². The Hall–Kier alpha value is -2.03. The van der Waals surface area contributed by atoms with Gasteiger partial charge in [0.1, 0.15) is 10.0 Å². The molecule has 1 N–H and O–H groups in total. The van der Waals surface area contributed by atoms with Gasteiger partial charge in [-0.25, -0.2) is 22.5 Å². The van der Waals surface area contributed by atoms with Crippen LogP contribution in [0, 0.1) is 12.7 Å². The number of nitrogens with zero attached hydrogens (tertiary/aromatic N) is 1. The highest BCUT2D eigenvalue weighted by atomic mass is 32.2. The van der Waals surface area contributed by atoms with Crippen molar-refractivity contribution in [3.63, 3.8) is 0 Å². The highest BCUT2D eigenvalue weighted by molar-refractivity contribution is 7.91. The third kappa shape index (κ3) is 3.66. The van der Waals surface area contributed by atoms with E-state index in [2.05, 4.69) is 9.71 Å². The van der Waals surface area contributed by atoms with Crippen molar-refractivity contribution in [1.29, 1.82) is 0 Å². The molecule has 1 aromatic carbocycles. The summed E-state index contributed by atoms with van der Waals surface area (Å²) >= 11 is 1.10. The lowest BCUT2D eigenvalue weighted by Gasteiger charge is -2.04. The molecule has 0 radical (unpaired) electrons. The Morgan fingerprint density at radius 3 is 2.61 bits per heavy atom. The van der Waals surface area contributed by atoms with E-state index < -0.39 is 10.0 Å². The second kappa shape index (κ2) is 6.23. The summed E-state index contributed by atoms with van der Waals surface area (Å²) in [5, 5.41) is 0. The average Bonchev–Trinajstić information content (AvgIpc) is 3.16. The van der Waals surface area contributed by atoms with Crippen molar-refractivity contribution in [2.24, 2.45) is 0 Å². The number of sulfonamides is 1. The Balaban J connectivity index is 1.75. The van der Waals surface area contributed by atoms with Crippen molar-refractivity contribution in [2.75, 3.05) is 0 Å². The molecule has 0 aliphatic heterocycles. The van der Waals surface area contributed by atoms with E-state index in [1.54, 1.807) is 19.2 Å². The molecule has 23 heavy (non-hydrogen) atoms. The Morgan fingerprint density at radius 1 is 1.22 bits per heavy atom. The van der Waals surface area contributed by atoms with Crippen LogP contribution in [0.25, 0.3) is 10.6 Å². The third-order valence-corrected chi connectivity index (χ3v) is 6.08. The summed E-state index contributed by atoms with van der Waals surface area (Å²) in [6.45, 7) is 1.82. The Labute approximate surface area is 136 Å². The van der Waals surface area contributed by atoms with E-state index in [1.165, 1.54) is 30.3 Å². The van der Waals surface area contributed by atoms with Crippen LogP contribution in [0.2, 0.25) is 0 Å². The van der Waals surface area contributed by atoms with Crippen molar-refractivity contribution in [3.05, 3.63) is 59.9 Å². The van der Waals surface area contributed by atoms with E-state index >= 15 is 0 Å². The molecular formula is C15H13FN2O3S2. The van der Waals surface area contributed by atoms with Crippen LogP contribution in [-0.4, -0.2) is 13.4 Å². The van der Waals surface area contributed by atoms with Gasteiger partial charge in [-0.05, 0) is 29.8 Å². The van der Waals surface area contributed by atoms with Crippen molar-refractivity contribution >= 4 is 21.4 Å². The zero-order valence-corrected chi connectivity index (χ0v) is 13.7. The number of benzene rings is 1. The lowest BCUT2D eigenvalue weighted by molar-refractivity contribution is 0.535. The van der Waals surface area contributed by atoms with Gasteiger partial charge in [-0.3, -0.25) is 0 Å². The van der Waals surface area contributed by atoms with Gasteiger partial charge in [-0.2, -0.15) is 0 Å².